The van der Waals surface area contributed by atoms with Crippen LogP contribution in [0, 0.1) is 11.3 Å². The largest absolute Gasteiger partial charge is 0.456 e. The molecule has 3 nitrogen and oxygen atoms in total. The predicted molar refractivity (Wildman–Crippen MR) is 162 cm³/mol. The Kier molecular flexibility index (Phi) is 4.89. The van der Waals surface area contributed by atoms with Crippen LogP contribution in [0.2, 0.25) is 0 Å². The summed E-state index contributed by atoms with van der Waals surface area (Å²) in [4.78, 5) is 0. The lowest BCUT2D eigenvalue weighted by atomic mass is 9.85. The van der Waals surface area contributed by atoms with E-state index in [1.807, 2.05) is 66.7 Å². The van der Waals surface area contributed by atoms with Crippen molar-refractivity contribution < 1.29 is 8.83 Å². The van der Waals surface area contributed by atoms with Gasteiger partial charge in [0.25, 0.3) is 0 Å². The van der Waals surface area contributed by atoms with Gasteiger partial charge in [-0.1, -0.05) is 84.9 Å². The first-order valence-electron chi connectivity index (χ1n) is 13.2. The Hall–Kier alpha value is -5.59. The zero-order chi connectivity index (χ0) is 26.6. The van der Waals surface area contributed by atoms with Gasteiger partial charge in [-0.2, -0.15) is 5.26 Å². The van der Waals surface area contributed by atoms with Gasteiger partial charge < -0.3 is 8.83 Å². The van der Waals surface area contributed by atoms with Crippen LogP contribution in [-0.4, -0.2) is 0 Å². The van der Waals surface area contributed by atoms with Gasteiger partial charge in [-0.25, -0.2) is 0 Å². The fraction of sp³-hybridized carbons (Fsp3) is 0. The molecular weight excluding hydrogens is 490 g/mol. The number of para-hydroxylation sites is 2. The Morgan fingerprint density at radius 3 is 1.65 bits per heavy atom. The minimum Gasteiger partial charge on any atom is -0.456 e. The zero-order valence-corrected chi connectivity index (χ0v) is 21.4. The summed E-state index contributed by atoms with van der Waals surface area (Å²) in [6.07, 6.45) is 0. The summed E-state index contributed by atoms with van der Waals surface area (Å²) < 4.78 is 12.3. The Bertz CT molecular complexity index is 2290. The Balaban J connectivity index is 1.45. The number of furan rings is 2. The van der Waals surface area contributed by atoms with Crippen LogP contribution in [0.3, 0.4) is 0 Å². The summed E-state index contributed by atoms with van der Waals surface area (Å²) in [7, 11) is 0. The van der Waals surface area contributed by atoms with Crippen molar-refractivity contribution in [3.63, 3.8) is 0 Å². The fourth-order valence-corrected chi connectivity index (χ4v) is 5.92. The molecule has 186 valence electrons. The minimum absolute atomic E-state index is 0.645. The summed E-state index contributed by atoms with van der Waals surface area (Å²) in [6, 6.07) is 45.6. The number of hydrogen-bond donors (Lipinski definition) is 0. The van der Waals surface area contributed by atoms with Gasteiger partial charge in [0, 0.05) is 27.1 Å². The molecule has 2 aromatic heterocycles. The summed E-state index contributed by atoms with van der Waals surface area (Å²) in [6.45, 7) is 0. The van der Waals surface area contributed by atoms with E-state index >= 15 is 0 Å². The average molecular weight is 512 g/mol. The summed E-state index contributed by atoms with van der Waals surface area (Å²) in [5.74, 6) is 0. The van der Waals surface area contributed by atoms with Gasteiger partial charge in [0.15, 0.2) is 0 Å². The van der Waals surface area contributed by atoms with Crippen molar-refractivity contribution in [1.29, 1.82) is 5.26 Å². The van der Waals surface area contributed by atoms with Crippen LogP contribution in [0.4, 0.5) is 0 Å². The highest BCUT2D eigenvalue weighted by molar-refractivity contribution is 6.09. The molecule has 0 saturated carbocycles. The van der Waals surface area contributed by atoms with Crippen LogP contribution < -0.4 is 0 Å². The molecule has 0 atom stereocenters. The second-order valence-electron chi connectivity index (χ2n) is 10.0. The number of benzene rings is 6. The molecule has 40 heavy (non-hydrogen) atoms. The molecule has 0 N–H and O–H groups in total. The summed E-state index contributed by atoms with van der Waals surface area (Å²) in [5, 5.41) is 14.3. The van der Waals surface area contributed by atoms with Crippen LogP contribution in [0.5, 0.6) is 0 Å². The van der Waals surface area contributed by atoms with Gasteiger partial charge in [-0.05, 0) is 70.3 Å². The van der Waals surface area contributed by atoms with Crippen molar-refractivity contribution >= 4 is 43.9 Å². The topological polar surface area (TPSA) is 50.1 Å². The van der Waals surface area contributed by atoms with E-state index in [-0.39, 0.29) is 0 Å². The average Bonchev–Trinajstić information content (AvgIpc) is 3.58. The molecule has 0 spiro atoms. The van der Waals surface area contributed by atoms with Crippen LogP contribution in [-0.2, 0) is 0 Å². The van der Waals surface area contributed by atoms with Crippen LogP contribution >= 0.6 is 0 Å². The zero-order valence-electron chi connectivity index (χ0n) is 21.4. The van der Waals surface area contributed by atoms with E-state index in [9.17, 15) is 5.26 Å². The number of nitrogens with zero attached hydrogens (tertiary/aromatic N) is 1. The summed E-state index contributed by atoms with van der Waals surface area (Å²) in [5.41, 5.74) is 10.3. The lowest BCUT2D eigenvalue weighted by Crippen LogP contribution is -1.92. The van der Waals surface area contributed by atoms with E-state index in [0.717, 1.165) is 77.3 Å². The molecule has 0 bridgehead atoms. The van der Waals surface area contributed by atoms with E-state index in [2.05, 4.69) is 66.7 Å². The van der Waals surface area contributed by atoms with Crippen molar-refractivity contribution in [2.75, 3.05) is 0 Å². The molecule has 8 rings (SSSR count). The molecule has 6 aromatic carbocycles. The van der Waals surface area contributed by atoms with Crippen molar-refractivity contribution in [2.45, 2.75) is 0 Å². The Morgan fingerprint density at radius 2 is 0.950 bits per heavy atom. The van der Waals surface area contributed by atoms with Crippen molar-refractivity contribution in [3.05, 3.63) is 133 Å². The van der Waals surface area contributed by atoms with Crippen LogP contribution in [0.1, 0.15) is 5.56 Å². The van der Waals surface area contributed by atoms with Crippen LogP contribution in [0.25, 0.3) is 77.3 Å². The fourth-order valence-electron chi connectivity index (χ4n) is 5.92. The highest BCUT2D eigenvalue weighted by atomic mass is 16.3. The Morgan fingerprint density at radius 1 is 0.425 bits per heavy atom. The molecule has 0 aliphatic heterocycles. The van der Waals surface area contributed by atoms with Gasteiger partial charge in [0.1, 0.15) is 22.3 Å². The second kappa shape index (κ2) is 8.73. The van der Waals surface area contributed by atoms with E-state index in [1.54, 1.807) is 0 Å². The molecule has 0 aliphatic rings. The van der Waals surface area contributed by atoms with Crippen molar-refractivity contribution in [2.24, 2.45) is 0 Å². The van der Waals surface area contributed by atoms with E-state index in [1.165, 1.54) is 0 Å². The number of nitriles is 1. The van der Waals surface area contributed by atoms with Gasteiger partial charge >= 0.3 is 0 Å². The normalized spacial score (nSPS) is 11.5. The third-order valence-electron chi connectivity index (χ3n) is 7.76. The second-order valence-corrected chi connectivity index (χ2v) is 10.0. The van der Waals surface area contributed by atoms with Gasteiger partial charge in [0.05, 0.1) is 11.6 Å². The molecule has 0 saturated heterocycles. The maximum atomic E-state index is 9.98. The monoisotopic (exact) mass is 511 g/mol. The maximum Gasteiger partial charge on any atom is 0.135 e. The van der Waals surface area contributed by atoms with E-state index < -0.39 is 0 Å². The third-order valence-corrected chi connectivity index (χ3v) is 7.76. The van der Waals surface area contributed by atoms with Crippen LogP contribution in [0.15, 0.2) is 136 Å². The third kappa shape index (κ3) is 3.37. The lowest BCUT2D eigenvalue weighted by Gasteiger charge is -2.17. The van der Waals surface area contributed by atoms with Crippen molar-refractivity contribution in [1.82, 2.24) is 0 Å². The predicted octanol–water partition coefficient (Wildman–Crippen LogP) is 10.4. The number of rotatable bonds is 3. The van der Waals surface area contributed by atoms with Gasteiger partial charge in [-0.15, -0.1) is 0 Å². The molecule has 3 heteroatoms. The number of fused-ring (bicyclic) bond motifs is 6. The quantitative estimate of drug-likeness (QED) is 0.237. The molecule has 0 radical (unpaired) electrons. The first-order valence-corrected chi connectivity index (χ1v) is 13.2. The Labute approximate surface area is 230 Å². The highest BCUT2D eigenvalue weighted by Crippen LogP contribution is 2.44. The van der Waals surface area contributed by atoms with Crippen molar-refractivity contribution in [3.8, 4) is 39.4 Å². The van der Waals surface area contributed by atoms with E-state index in [4.69, 9.17) is 8.83 Å². The van der Waals surface area contributed by atoms with E-state index in [0.29, 0.717) is 5.56 Å². The molecule has 0 aliphatic carbocycles. The SMILES string of the molecule is N#Cc1ccccc1-c1cccc(-c2ccc3oc4ccccc4c3c2)c1-c1ccc2oc3ccccc3c2c1. The molecule has 0 fully saturated rings. The van der Waals surface area contributed by atoms with Gasteiger partial charge in [-0.3, -0.25) is 0 Å². The summed E-state index contributed by atoms with van der Waals surface area (Å²) >= 11 is 0. The lowest BCUT2D eigenvalue weighted by molar-refractivity contribution is 0.668. The molecular formula is C37H21NO2. The molecule has 0 unspecified atom stereocenters. The first-order chi connectivity index (χ1) is 19.8. The molecule has 8 aromatic rings. The minimum atomic E-state index is 0.645. The molecule has 0 amide bonds. The van der Waals surface area contributed by atoms with Gasteiger partial charge in [0.2, 0.25) is 0 Å². The highest BCUT2D eigenvalue weighted by Gasteiger charge is 2.19. The first kappa shape index (κ1) is 22.4. The number of hydrogen-bond acceptors (Lipinski definition) is 3. The molecule has 2 heterocycles. The standard InChI is InChI=1S/C37H21NO2/c38-22-25-8-1-2-9-26(25)30-13-7-12-27(23-16-18-35-31(20-23)28-10-3-5-14-33(28)39-35)37(30)24-17-19-36-32(21-24)29-11-4-6-15-34(29)40-36/h1-21H. The maximum absolute atomic E-state index is 9.98. The smallest absolute Gasteiger partial charge is 0.135 e.